The van der Waals surface area contributed by atoms with Gasteiger partial charge in [-0.1, -0.05) is 0 Å². The smallest absolute Gasteiger partial charge is 0.247 e. The Morgan fingerprint density at radius 3 is 3.05 bits per heavy atom. The van der Waals surface area contributed by atoms with Crippen molar-refractivity contribution in [3.63, 3.8) is 0 Å². The number of amides is 1. The number of fused-ring (bicyclic) bond motifs is 1. The van der Waals surface area contributed by atoms with Gasteiger partial charge in [0.15, 0.2) is 0 Å². The van der Waals surface area contributed by atoms with Crippen LogP contribution in [0.4, 0.5) is 5.82 Å². The van der Waals surface area contributed by atoms with Crippen LogP contribution in [0.15, 0.2) is 24.5 Å². The Labute approximate surface area is 129 Å². The molecule has 7 nitrogen and oxygen atoms in total. The van der Waals surface area contributed by atoms with Crippen molar-refractivity contribution in [2.45, 2.75) is 32.9 Å². The van der Waals surface area contributed by atoms with Crippen LogP contribution in [-0.4, -0.2) is 43.9 Å². The molecule has 1 N–H and O–H groups in total. The zero-order valence-corrected chi connectivity index (χ0v) is 12.9. The van der Waals surface area contributed by atoms with E-state index in [0.717, 1.165) is 30.0 Å². The summed E-state index contributed by atoms with van der Waals surface area (Å²) in [5, 5.41) is 15.7. The van der Waals surface area contributed by atoms with E-state index < -0.39 is 0 Å². The number of nitrogens with one attached hydrogen (secondary N) is 1. The molecule has 116 valence electrons. The van der Waals surface area contributed by atoms with Crippen LogP contribution < -0.4 is 5.32 Å². The van der Waals surface area contributed by atoms with E-state index in [1.54, 1.807) is 10.9 Å². The molecule has 1 aliphatic rings. The first-order chi connectivity index (χ1) is 10.7. The number of hydrogen-bond donors (Lipinski definition) is 1. The van der Waals surface area contributed by atoms with Gasteiger partial charge in [-0.2, -0.15) is 10.2 Å². The Bertz CT molecular complexity index is 654. The summed E-state index contributed by atoms with van der Waals surface area (Å²) in [6.07, 6.45) is 4.25. The SMILES string of the molecule is CCNc1cc2c(nn1)CCN(C(=O)[C@@H](C)n1cccn1)C2. The van der Waals surface area contributed by atoms with Crippen molar-refractivity contribution in [2.24, 2.45) is 0 Å². The minimum Gasteiger partial charge on any atom is -0.369 e. The van der Waals surface area contributed by atoms with E-state index in [9.17, 15) is 4.79 Å². The van der Waals surface area contributed by atoms with Crippen LogP contribution in [0.3, 0.4) is 0 Å². The van der Waals surface area contributed by atoms with Gasteiger partial charge in [0.25, 0.3) is 0 Å². The lowest BCUT2D eigenvalue weighted by atomic mass is 10.1. The molecule has 0 aromatic carbocycles. The molecular formula is C15H20N6O. The molecule has 0 radical (unpaired) electrons. The summed E-state index contributed by atoms with van der Waals surface area (Å²) < 4.78 is 1.69. The lowest BCUT2D eigenvalue weighted by Gasteiger charge is -2.30. The molecule has 3 rings (SSSR count). The van der Waals surface area contributed by atoms with Crippen molar-refractivity contribution in [2.75, 3.05) is 18.4 Å². The average Bonchev–Trinajstić information content (AvgIpc) is 3.07. The number of anilines is 1. The molecule has 2 aromatic heterocycles. The number of carbonyl (C=O) groups excluding carboxylic acids is 1. The molecule has 0 bridgehead atoms. The van der Waals surface area contributed by atoms with Crippen molar-refractivity contribution >= 4 is 11.7 Å². The molecule has 0 unspecified atom stereocenters. The van der Waals surface area contributed by atoms with E-state index >= 15 is 0 Å². The number of rotatable bonds is 4. The van der Waals surface area contributed by atoms with Gasteiger partial charge in [0.2, 0.25) is 5.91 Å². The summed E-state index contributed by atoms with van der Waals surface area (Å²) in [6, 6.07) is 3.52. The van der Waals surface area contributed by atoms with Gasteiger partial charge in [0, 0.05) is 38.4 Å². The zero-order chi connectivity index (χ0) is 15.5. The van der Waals surface area contributed by atoms with E-state index in [4.69, 9.17) is 0 Å². The monoisotopic (exact) mass is 300 g/mol. The van der Waals surface area contributed by atoms with E-state index in [2.05, 4.69) is 20.6 Å². The Morgan fingerprint density at radius 2 is 2.32 bits per heavy atom. The van der Waals surface area contributed by atoms with Crippen LogP contribution >= 0.6 is 0 Å². The molecule has 0 fully saturated rings. The van der Waals surface area contributed by atoms with Crippen molar-refractivity contribution in [1.29, 1.82) is 0 Å². The Hall–Kier alpha value is -2.44. The number of nitrogens with zero attached hydrogens (tertiary/aromatic N) is 5. The van der Waals surface area contributed by atoms with E-state index in [-0.39, 0.29) is 11.9 Å². The summed E-state index contributed by atoms with van der Waals surface area (Å²) in [5.74, 6) is 0.840. The molecule has 3 heterocycles. The summed E-state index contributed by atoms with van der Waals surface area (Å²) in [7, 11) is 0. The van der Waals surface area contributed by atoms with Gasteiger partial charge in [-0.05, 0) is 31.5 Å². The van der Waals surface area contributed by atoms with E-state index in [0.29, 0.717) is 13.1 Å². The van der Waals surface area contributed by atoms with Crippen molar-refractivity contribution < 1.29 is 4.79 Å². The van der Waals surface area contributed by atoms with Crippen molar-refractivity contribution in [1.82, 2.24) is 24.9 Å². The molecule has 1 aliphatic heterocycles. The molecule has 0 saturated heterocycles. The molecule has 1 amide bonds. The predicted molar refractivity (Wildman–Crippen MR) is 82.3 cm³/mol. The lowest BCUT2D eigenvalue weighted by molar-refractivity contribution is -0.135. The van der Waals surface area contributed by atoms with Crippen LogP contribution in [0.5, 0.6) is 0 Å². The van der Waals surface area contributed by atoms with E-state index in [1.165, 1.54) is 0 Å². The fourth-order valence-corrected chi connectivity index (χ4v) is 2.67. The summed E-state index contributed by atoms with van der Waals surface area (Å²) >= 11 is 0. The van der Waals surface area contributed by atoms with Gasteiger partial charge in [-0.25, -0.2) is 0 Å². The maximum absolute atomic E-state index is 12.6. The summed E-state index contributed by atoms with van der Waals surface area (Å²) in [6.45, 7) is 5.94. The fraction of sp³-hybridized carbons (Fsp3) is 0.467. The molecule has 1 atom stereocenters. The second kappa shape index (κ2) is 6.13. The number of carbonyl (C=O) groups is 1. The minimum absolute atomic E-state index is 0.0798. The lowest BCUT2D eigenvalue weighted by Crippen LogP contribution is -2.40. The summed E-state index contributed by atoms with van der Waals surface area (Å²) in [5.41, 5.74) is 2.05. The van der Waals surface area contributed by atoms with Crippen LogP contribution in [0.2, 0.25) is 0 Å². The van der Waals surface area contributed by atoms with Crippen LogP contribution in [0, 0.1) is 0 Å². The third kappa shape index (κ3) is 2.79. The van der Waals surface area contributed by atoms with Crippen LogP contribution in [0.1, 0.15) is 31.1 Å². The highest BCUT2D eigenvalue weighted by Crippen LogP contribution is 2.21. The van der Waals surface area contributed by atoms with E-state index in [1.807, 2.05) is 37.1 Å². The minimum atomic E-state index is -0.292. The first-order valence-electron chi connectivity index (χ1n) is 7.56. The van der Waals surface area contributed by atoms with Crippen molar-refractivity contribution in [3.05, 3.63) is 35.8 Å². The maximum atomic E-state index is 12.6. The van der Waals surface area contributed by atoms with Crippen LogP contribution in [-0.2, 0) is 17.8 Å². The number of hydrogen-bond acceptors (Lipinski definition) is 5. The predicted octanol–water partition coefficient (Wildman–Crippen LogP) is 1.25. The first kappa shape index (κ1) is 14.5. The van der Waals surface area contributed by atoms with Gasteiger partial charge in [0.05, 0.1) is 5.69 Å². The molecule has 0 saturated carbocycles. The second-order valence-corrected chi connectivity index (χ2v) is 5.40. The van der Waals surface area contributed by atoms with Crippen LogP contribution in [0.25, 0.3) is 0 Å². The molecule has 0 aliphatic carbocycles. The molecule has 22 heavy (non-hydrogen) atoms. The van der Waals surface area contributed by atoms with Gasteiger partial charge in [-0.15, -0.1) is 5.10 Å². The highest BCUT2D eigenvalue weighted by atomic mass is 16.2. The Kier molecular flexibility index (Phi) is 4.04. The third-order valence-corrected chi connectivity index (χ3v) is 3.89. The Balaban J connectivity index is 1.75. The Morgan fingerprint density at radius 1 is 1.45 bits per heavy atom. The quantitative estimate of drug-likeness (QED) is 0.919. The molecular weight excluding hydrogens is 280 g/mol. The molecule has 0 spiro atoms. The average molecular weight is 300 g/mol. The standard InChI is InChI=1S/C15H20N6O/c1-3-16-14-9-12-10-20(8-5-13(12)18-19-14)15(22)11(2)21-7-4-6-17-21/h4,6-7,9,11H,3,5,8,10H2,1-2H3,(H,16,19)/t11-/m1/s1. The van der Waals surface area contributed by atoms with Gasteiger partial charge in [0.1, 0.15) is 11.9 Å². The highest BCUT2D eigenvalue weighted by molar-refractivity contribution is 5.80. The van der Waals surface area contributed by atoms with Gasteiger partial charge in [-0.3, -0.25) is 9.48 Å². The maximum Gasteiger partial charge on any atom is 0.247 e. The largest absolute Gasteiger partial charge is 0.369 e. The fourth-order valence-electron chi connectivity index (χ4n) is 2.67. The topological polar surface area (TPSA) is 75.9 Å². The zero-order valence-electron chi connectivity index (χ0n) is 12.9. The normalized spacial score (nSPS) is 15.3. The third-order valence-electron chi connectivity index (χ3n) is 3.89. The van der Waals surface area contributed by atoms with Crippen molar-refractivity contribution in [3.8, 4) is 0 Å². The molecule has 2 aromatic rings. The molecule has 7 heteroatoms. The highest BCUT2D eigenvalue weighted by Gasteiger charge is 2.26. The van der Waals surface area contributed by atoms with Gasteiger partial charge >= 0.3 is 0 Å². The first-order valence-corrected chi connectivity index (χ1v) is 7.56. The summed E-state index contributed by atoms with van der Waals surface area (Å²) in [4.78, 5) is 14.5. The second-order valence-electron chi connectivity index (χ2n) is 5.40. The van der Waals surface area contributed by atoms with Gasteiger partial charge < -0.3 is 10.2 Å². The number of aromatic nitrogens is 4.